The molecule has 1 N–H and O–H groups in total. The van der Waals surface area contributed by atoms with Gasteiger partial charge in [-0.05, 0) is 13.0 Å². The number of hydrogen-bond donors (Lipinski definition) is 1. The maximum atomic E-state index is 10.8. The molecule has 0 spiro atoms. The second-order valence-electron chi connectivity index (χ2n) is 4.60. The minimum absolute atomic E-state index is 0.122. The van der Waals surface area contributed by atoms with Crippen molar-refractivity contribution in [3.63, 3.8) is 0 Å². The van der Waals surface area contributed by atoms with E-state index in [0.29, 0.717) is 24.7 Å². The fraction of sp³-hybridized carbons (Fsp3) is 0.500. The molecular formula is C12H14N4O2. The van der Waals surface area contributed by atoms with Gasteiger partial charge in [-0.3, -0.25) is 4.79 Å². The van der Waals surface area contributed by atoms with Gasteiger partial charge in [0.15, 0.2) is 0 Å². The highest BCUT2D eigenvalue weighted by Gasteiger charge is 2.36. The van der Waals surface area contributed by atoms with Gasteiger partial charge in [-0.1, -0.05) is 6.92 Å². The number of anilines is 1. The number of nitriles is 1. The van der Waals surface area contributed by atoms with E-state index in [4.69, 9.17) is 10.4 Å². The molecule has 0 saturated carbocycles. The summed E-state index contributed by atoms with van der Waals surface area (Å²) in [5, 5.41) is 17.7. The highest BCUT2D eigenvalue weighted by Crippen LogP contribution is 2.27. The van der Waals surface area contributed by atoms with Crippen LogP contribution in [0.2, 0.25) is 0 Å². The van der Waals surface area contributed by atoms with Crippen LogP contribution in [0.1, 0.15) is 18.3 Å². The third-order valence-electron chi connectivity index (χ3n) is 3.25. The summed E-state index contributed by atoms with van der Waals surface area (Å²) in [4.78, 5) is 21.1. The maximum Gasteiger partial charge on any atom is 0.306 e. The molecule has 2 rings (SSSR count). The van der Waals surface area contributed by atoms with E-state index in [2.05, 4.69) is 9.97 Å². The van der Waals surface area contributed by atoms with E-state index in [9.17, 15) is 4.79 Å². The fourth-order valence-electron chi connectivity index (χ4n) is 1.95. The number of rotatable bonds is 3. The van der Waals surface area contributed by atoms with Gasteiger partial charge in [0.25, 0.3) is 0 Å². The van der Waals surface area contributed by atoms with Crippen molar-refractivity contribution in [3.8, 4) is 6.07 Å². The molecule has 0 amide bonds. The summed E-state index contributed by atoms with van der Waals surface area (Å²) in [6.07, 6.45) is 0. The van der Waals surface area contributed by atoms with Gasteiger partial charge in [0.2, 0.25) is 5.95 Å². The molecule has 94 valence electrons. The molecule has 0 radical (unpaired) electrons. The van der Waals surface area contributed by atoms with Gasteiger partial charge in [0.05, 0.1) is 5.92 Å². The van der Waals surface area contributed by atoms with Crippen molar-refractivity contribution in [2.24, 2.45) is 11.8 Å². The van der Waals surface area contributed by atoms with Crippen molar-refractivity contribution in [1.82, 2.24) is 9.97 Å². The lowest BCUT2D eigenvalue weighted by Gasteiger charge is -2.41. The average Bonchev–Trinajstić information content (AvgIpc) is 2.25. The first-order chi connectivity index (χ1) is 8.51. The summed E-state index contributed by atoms with van der Waals surface area (Å²) in [5.41, 5.74) is 1.08. The van der Waals surface area contributed by atoms with E-state index in [0.717, 1.165) is 5.69 Å². The van der Waals surface area contributed by atoms with Crippen LogP contribution < -0.4 is 4.90 Å². The van der Waals surface area contributed by atoms with E-state index >= 15 is 0 Å². The topological polar surface area (TPSA) is 90.1 Å². The first-order valence-corrected chi connectivity index (χ1v) is 5.75. The monoisotopic (exact) mass is 246 g/mol. The number of carboxylic acids is 1. The maximum absolute atomic E-state index is 10.8. The normalized spacial score (nSPS) is 16.8. The van der Waals surface area contributed by atoms with Crippen molar-refractivity contribution in [1.29, 1.82) is 5.26 Å². The number of nitrogens with zero attached hydrogens (tertiary/aromatic N) is 4. The predicted octanol–water partition coefficient (Wildman–Crippen LogP) is 0.814. The van der Waals surface area contributed by atoms with Crippen LogP contribution in [0.25, 0.3) is 0 Å². The molecule has 0 bridgehead atoms. The van der Waals surface area contributed by atoms with Gasteiger partial charge in [0.1, 0.15) is 11.8 Å². The van der Waals surface area contributed by atoms with Crippen LogP contribution in [0.5, 0.6) is 0 Å². The number of aliphatic carboxylic acids is 1. The highest BCUT2D eigenvalue weighted by molar-refractivity contribution is 5.70. The van der Waals surface area contributed by atoms with Crippen LogP contribution in [-0.2, 0) is 4.79 Å². The quantitative estimate of drug-likeness (QED) is 0.848. The van der Waals surface area contributed by atoms with E-state index in [-0.39, 0.29) is 11.8 Å². The lowest BCUT2D eigenvalue weighted by molar-refractivity contribution is -0.143. The molecule has 18 heavy (non-hydrogen) atoms. The minimum Gasteiger partial charge on any atom is -0.481 e. The molecule has 1 atom stereocenters. The number of aromatic nitrogens is 2. The number of aryl methyl sites for hydroxylation is 1. The smallest absolute Gasteiger partial charge is 0.306 e. The lowest BCUT2D eigenvalue weighted by atomic mass is 9.87. The first kappa shape index (κ1) is 12.3. The van der Waals surface area contributed by atoms with Crippen LogP contribution in [0.4, 0.5) is 5.95 Å². The largest absolute Gasteiger partial charge is 0.481 e. The molecule has 1 aromatic rings. The second-order valence-corrected chi connectivity index (χ2v) is 4.60. The van der Waals surface area contributed by atoms with Crippen molar-refractivity contribution >= 4 is 11.9 Å². The fourth-order valence-corrected chi connectivity index (χ4v) is 1.95. The highest BCUT2D eigenvalue weighted by atomic mass is 16.4. The summed E-state index contributed by atoms with van der Waals surface area (Å²) < 4.78 is 0. The third kappa shape index (κ3) is 2.25. The Kier molecular flexibility index (Phi) is 3.15. The Bertz CT molecular complexity index is 517. The number of carboxylic acid groups (broad SMARTS) is 1. The zero-order valence-electron chi connectivity index (χ0n) is 10.3. The molecule has 1 saturated heterocycles. The zero-order valence-corrected chi connectivity index (χ0v) is 10.3. The van der Waals surface area contributed by atoms with Gasteiger partial charge in [-0.2, -0.15) is 5.26 Å². The lowest BCUT2D eigenvalue weighted by Crippen LogP contribution is -2.51. The molecule has 0 aliphatic carbocycles. The van der Waals surface area contributed by atoms with Gasteiger partial charge >= 0.3 is 5.97 Å². The second kappa shape index (κ2) is 4.61. The molecule has 2 heterocycles. The van der Waals surface area contributed by atoms with Crippen molar-refractivity contribution < 1.29 is 9.90 Å². The average molecular weight is 246 g/mol. The van der Waals surface area contributed by atoms with Crippen LogP contribution in [0, 0.1) is 30.1 Å². The Labute approximate surface area is 105 Å². The summed E-state index contributed by atoms with van der Waals surface area (Å²) in [6, 6.07) is 3.62. The molecule has 1 aliphatic heterocycles. The van der Waals surface area contributed by atoms with Crippen LogP contribution in [0.15, 0.2) is 6.07 Å². The first-order valence-electron chi connectivity index (χ1n) is 5.75. The molecule has 1 unspecified atom stereocenters. The molecule has 6 heteroatoms. The Hall–Kier alpha value is -2.16. The zero-order chi connectivity index (χ0) is 13.3. The standard InChI is InChI=1S/C12H14N4O2/c1-7-3-10(4-13)15-12(14-7)16-5-9(6-16)8(2)11(17)18/h3,8-9H,5-6H2,1-2H3,(H,17,18). The predicted molar refractivity (Wildman–Crippen MR) is 64.0 cm³/mol. The van der Waals surface area contributed by atoms with Crippen molar-refractivity contribution in [2.75, 3.05) is 18.0 Å². The van der Waals surface area contributed by atoms with Gasteiger partial charge in [0, 0.05) is 24.7 Å². The van der Waals surface area contributed by atoms with Crippen molar-refractivity contribution in [2.45, 2.75) is 13.8 Å². The van der Waals surface area contributed by atoms with Crippen molar-refractivity contribution in [3.05, 3.63) is 17.5 Å². The summed E-state index contributed by atoms with van der Waals surface area (Å²) in [7, 11) is 0. The third-order valence-corrected chi connectivity index (χ3v) is 3.25. The number of carbonyl (C=O) groups is 1. The van der Waals surface area contributed by atoms with Gasteiger partial charge in [-0.15, -0.1) is 0 Å². The van der Waals surface area contributed by atoms with Crippen LogP contribution in [0.3, 0.4) is 0 Å². The molecule has 1 fully saturated rings. The molecule has 0 aromatic carbocycles. The van der Waals surface area contributed by atoms with E-state index in [1.54, 1.807) is 13.0 Å². The SMILES string of the molecule is Cc1cc(C#N)nc(N2CC(C(C)C(=O)O)C2)n1. The minimum atomic E-state index is -0.775. The Morgan fingerprint density at radius 3 is 2.83 bits per heavy atom. The molecule has 1 aromatic heterocycles. The Morgan fingerprint density at radius 1 is 1.61 bits per heavy atom. The number of hydrogen-bond acceptors (Lipinski definition) is 5. The van der Waals surface area contributed by atoms with Crippen LogP contribution >= 0.6 is 0 Å². The Balaban J connectivity index is 2.07. The van der Waals surface area contributed by atoms with Gasteiger partial charge in [-0.25, -0.2) is 9.97 Å². The summed E-state index contributed by atoms with van der Waals surface area (Å²) >= 11 is 0. The molecule has 6 nitrogen and oxygen atoms in total. The van der Waals surface area contributed by atoms with Gasteiger partial charge < -0.3 is 10.0 Å². The van der Waals surface area contributed by atoms with E-state index < -0.39 is 5.97 Å². The molecular weight excluding hydrogens is 232 g/mol. The van der Waals surface area contributed by atoms with Crippen LogP contribution in [-0.4, -0.2) is 34.1 Å². The molecule has 1 aliphatic rings. The van der Waals surface area contributed by atoms with E-state index in [1.807, 2.05) is 17.9 Å². The summed E-state index contributed by atoms with van der Waals surface area (Å²) in [5.74, 6) is -0.499. The summed E-state index contributed by atoms with van der Waals surface area (Å²) in [6.45, 7) is 4.77. The van der Waals surface area contributed by atoms with E-state index in [1.165, 1.54) is 0 Å². The Morgan fingerprint density at radius 2 is 2.28 bits per heavy atom.